The fourth-order valence-electron chi connectivity index (χ4n) is 0.229. The first kappa shape index (κ1) is 7.56. The summed E-state index contributed by atoms with van der Waals surface area (Å²) in [5, 5.41) is 13.7. The molecule has 0 spiro atoms. The third kappa shape index (κ3) is 2.03. The van der Waals surface area contributed by atoms with Crippen LogP contribution >= 0.6 is 0 Å². The number of aromatic nitrogens is 4. The normalized spacial score (nSPS) is 7.62. The van der Waals surface area contributed by atoms with Crippen LogP contribution in [0.1, 0.15) is 5.82 Å². The van der Waals surface area contributed by atoms with Crippen molar-refractivity contribution in [3.63, 3.8) is 0 Å². The second-order valence-electron chi connectivity index (χ2n) is 1.05. The first-order valence-electron chi connectivity index (χ1n) is 1.79. The molecule has 0 aliphatic carbocycles. The minimum absolute atomic E-state index is 0. The van der Waals surface area contributed by atoms with Gasteiger partial charge in [0.15, 0.2) is 5.82 Å². The van der Waals surface area contributed by atoms with Crippen molar-refractivity contribution in [2.75, 3.05) is 0 Å². The minimum atomic E-state index is 0. The third-order valence-electron chi connectivity index (χ3n) is 0.479. The molecule has 0 bridgehead atoms. The van der Waals surface area contributed by atoms with Crippen molar-refractivity contribution in [3.8, 4) is 0 Å². The van der Waals surface area contributed by atoms with E-state index in [1.54, 1.807) is 6.92 Å². The second kappa shape index (κ2) is 3.55. The van der Waals surface area contributed by atoms with Crippen molar-refractivity contribution >= 4 is 0 Å². The molecule has 0 saturated heterocycles. The summed E-state index contributed by atoms with van der Waals surface area (Å²) < 4.78 is 0. The molecule has 1 rings (SSSR count). The maximum Gasteiger partial charge on any atom is 0.163 e. The van der Waals surface area contributed by atoms with Crippen LogP contribution in [0.4, 0.5) is 0 Å². The molecular weight excluding hydrogens is 195 g/mol. The summed E-state index contributed by atoms with van der Waals surface area (Å²) in [6, 6.07) is 0. The summed E-state index contributed by atoms with van der Waals surface area (Å²) in [7, 11) is 0. The number of aryl methyl sites for hydroxylation is 1. The van der Waals surface area contributed by atoms with Gasteiger partial charge in [0.1, 0.15) is 0 Å². The van der Waals surface area contributed by atoms with Gasteiger partial charge in [0, 0.05) is 19.5 Å². The van der Waals surface area contributed by atoms with Crippen LogP contribution in [0.5, 0.6) is 0 Å². The molecule has 0 N–H and O–H groups in total. The second-order valence-corrected chi connectivity index (χ2v) is 1.05. The molecule has 5 heteroatoms. The Labute approximate surface area is 59.5 Å². The quantitative estimate of drug-likeness (QED) is 0.411. The molecule has 0 unspecified atom stereocenters. The number of rotatable bonds is 0. The maximum absolute atomic E-state index is 3.50. The van der Waals surface area contributed by atoms with Gasteiger partial charge in [-0.2, -0.15) is 10.2 Å². The van der Waals surface area contributed by atoms with E-state index in [9.17, 15) is 0 Å². The van der Waals surface area contributed by atoms with Crippen molar-refractivity contribution in [1.29, 1.82) is 0 Å². The van der Waals surface area contributed by atoms with Gasteiger partial charge in [-0.1, -0.05) is 0 Å². The van der Waals surface area contributed by atoms with E-state index < -0.39 is 0 Å². The van der Waals surface area contributed by atoms with Crippen molar-refractivity contribution in [1.82, 2.24) is 20.4 Å². The molecule has 1 aromatic rings. The summed E-state index contributed by atoms with van der Waals surface area (Å²) in [5.41, 5.74) is 0. The average molecular weight is 198 g/mol. The molecule has 0 atom stereocenters. The first-order valence-corrected chi connectivity index (χ1v) is 1.79. The Bertz CT molecular complexity index is 141. The molecule has 0 aromatic carbocycles. The summed E-state index contributed by atoms with van der Waals surface area (Å²) in [6.07, 6.45) is 2.21. The topological polar surface area (TPSA) is 51.6 Å². The first-order chi connectivity index (χ1) is 3.39. The Kier molecular flexibility index (Phi) is 3.36. The van der Waals surface area contributed by atoms with Gasteiger partial charge in [0.05, 0.1) is 0 Å². The van der Waals surface area contributed by atoms with Crippen LogP contribution in [-0.2, 0) is 19.5 Å². The zero-order valence-electron chi connectivity index (χ0n) is 4.12. The summed E-state index contributed by atoms with van der Waals surface area (Å²) in [5.74, 6) is 0.568. The van der Waals surface area contributed by atoms with Gasteiger partial charge in [-0.25, -0.2) is 6.33 Å². The van der Waals surface area contributed by atoms with E-state index in [0.717, 1.165) is 0 Å². The predicted molar refractivity (Wildman–Crippen MR) is 21.2 cm³/mol. The van der Waals surface area contributed by atoms with E-state index in [0.29, 0.717) is 5.82 Å². The van der Waals surface area contributed by atoms with E-state index in [1.807, 2.05) is 0 Å². The number of nitrogens with zero attached hydrogens (tertiary/aromatic N) is 4. The smallest absolute Gasteiger partial charge is 0.163 e. The van der Waals surface area contributed by atoms with Gasteiger partial charge in [0.25, 0.3) is 0 Å². The van der Waals surface area contributed by atoms with Crippen molar-refractivity contribution in [2.24, 2.45) is 0 Å². The zero-order valence-corrected chi connectivity index (χ0v) is 5.76. The standard InChI is InChI=1S/C3H3N4.Rh/c1-3-6-4-2-5-7-3;/h1H3;/q-1;. The molecule has 1 radical (unpaired) electrons. The molecule has 1 aromatic heterocycles. The van der Waals surface area contributed by atoms with Gasteiger partial charge >= 0.3 is 0 Å². The summed E-state index contributed by atoms with van der Waals surface area (Å²) in [6.45, 7) is 1.72. The van der Waals surface area contributed by atoms with Crippen LogP contribution in [-0.4, -0.2) is 20.4 Å². The molecular formula is C3H3N4Rh-. The molecule has 0 saturated carbocycles. The number of hydrogen-bond acceptors (Lipinski definition) is 4. The third-order valence-corrected chi connectivity index (χ3v) is 0.479. The number of hydrogen-bond donors (Lipinski definition) is 0. The van der Waals surface area contributed by atoms with Gasteiger partial charge in [-0.3, -0.25) is 0 Å². The zero-order chi connectivity index (χ0) is 5.11. The van der Waals surface area contributed by atoms with Crippen LogP contribution in [0.3, 0.4) is 0 Å². The van der Waals surface area contributed by atoms with Crippen LogP contribution in [0.2, 0.25) is 0 Å². The van der Waals surface area contributed by atoms with Gasteiger partial charge in [-0.15, -0.1) is 0 Å². The SMILES string of the molecule is Cc1nn[c-]nn1.[Rh]. The molecule has 0 aliphatic heterocycles. The van der Waals surface area contributed by atoms with E-state index in [1.165, 1.54) is 0 Å². The van der Waals surface area contributed by atoms with Gasteiger partial charge < -0.3 is 10.2 Å². The van der Waals surface area contributed by atoms with E-state index in [4.69, 9.17) is 0 Å². The Hall–Kier alpha value is -0.437. The fourth-order valence-corrected chi connectivity index (χ4v) is 0.229. The van der Waals surface area contributed by atoms with Gasteiger partial charge in [-0.05, 0) is 6.92 Å². The van der Waals surface area contributed by atoms with Crippen molar-refractivity contribution in [3.05, 3.63) is 12.2 Å². The van der Waals surface area contributed by atoms with E-state index in [-0.39, 0.29) is 19.5 Å². The fraction of sp³-hybridized carbons (Fsp3) is 0.333. The van der Waals surface area contributed by atoms with Crippen LogP contribution < -0.4 is 0 Å². The van der Waals surface area contributed by atoms with Gasteiger partial charge in [0.2, 0.25) is 0 Å². The largest absolute Gasteiger partial charge is 0.349 e. The molecule has 0 fully saturated rings. The summed E-state index contributed by atoms with van der Waals surface area (Å²) in [4.78, 5) is 0. The van der Waals surface area contributed by atoms with Crippen molar-refractivity contribution in [2.45, 2.75) is 6.92 Å². The van der Waals surface area contributed by atoms with Crippen LogP contribution in [0.15, 0.2) is 0 Å². The Morgan fingerprint density at radius 2 is 1.75 bits per heavy atom. The predicted octanol–water partition coefficient (Wildman–Crippen LogP) is -0.627. The Morgan fingerprint density at radius 3 is 2.00 bits per heavy atom. The van der Waals surface area contributed by atoms with Crippen molar-refractivity contribution < 1.29 is 19.5 Å². The molecule has 1 heterocycles. The average Bonchev–Trinajstić information content (AvgIpc) is 1.69. The maximum atomic E-state index is 3.50. The molecule has 8 heavy (non-hydrogen) atoms. The molecule has 0 aliphatic rings. The monoisotopic (exact) mass is 198 g/mol. The van der Waals surface area contributed by atoms with E-state index >= 15 is 0 Å². The van der Waals surface area contributed by atoms with Crippen LogP contribution in [0, 0.1) is 13.3 Å². The van der Waals surface area contributed by atoms with Crippen LogP contribution in [0.25, 0.3) is 0 Å². The molecule has 4 nitrogen and oxygen atoms in total. The molecule has 0 amide bonds. The summed E-state index contributed by atoms with van der Waals surface area (Å²) >= 11 is 0. The molecule has 45 valence electrons. The van der Waals surface area contributed by atoms with E-state index in [2.05, 4.69) is 26.7 Å². The Balaban J connectivity index is 0.000000490. The Morgan fingerprint density at radius 1 is 1.25 bits per heavy atom. The minimum Gasteiger partial charge on any atom is -0.349 e.